The maximum atomic E-state index is 13.0. The van der Waals surface area contributed by atoms with E-state index in [2.05, 4.69) is 5.16 Å². The van der Waals surface area contributed by atoms with Gasteiger partial charge in [0, 0.05) is 39.0 Å². The Labute approximate surface area is 180 Å². The van der Waals surface area contributed by atoms with Gasteiger partial charge in [-0.3, -0.25) is 9.59 Å². The summed E-state index contributed by atoms with van der Waals surface area (Å²) in [7, 11) is 1.54. The third-order valence-electron chi connectivity index (χ3n) is 5.54. The molecule has 2 aliphatic heterocycles. The van der Waals surface area contributed by atoms with E-state index in [-0.39, 0.29) is 17.6 Å². The van der Waals surface area contributed by atoms with Crippen molar-refractivity contribution in [1.82, 2.24) is 9.80 Å². The lowest BCUT2D eigenvalue weighted by molar-refractivity contribution is -0.143. The molecule has 0 bridgehead atoms. The van der Waals surface area contributed by atoms with Gasteiger partial charge >= 0.3 is 0 Å². The highest BCUT2D eigenvalue weighted by Crippen LogP contribution is 2.21. The highest BCUT2D eigenvalue weighted by molar-refractivity contribution is 5.97. The van der Waals surface area contributed by atoms with E-state index in [1.54, 1.807) is 40.1 Å². The van der Waals surface area contributed by atoms with Gasteiger partial charge in [-0.15, -0.1) is 0 Å². The third kappa shape index (κ3) is 4.68. The Morgan fingerprint density at radius 2 is 1.74 bits per heavy atom. The molecule has 2 aromatic carbocycles. The summed E-state index contributed by atoms with van der Waals surface area (Å²) in [5.41, 5.74) is 2.19. The molecule has 0 N–H and O–H groups in total. The molecule has 2 heterocycles. The minimum Gasteiger partial charge on any atom is -0.496 e. The van der Waals surface area contributed by atoms with Crippen LogP contribution in [-0.4, -0.2) is 66.7 Å². The lowest BCUT2D eigenvalue weighted by Gasteiger charge is -2.35. The van der Waals surface area contributed by atoms with Gasteiger partial charge in [-0.2, -0.15) is 0 Å². The minimum atomic E-state index is -0.646. The second-order valence-electron chi connectivity index (χ2n) is 7.58. The van der Waals surface area contributed by atoms with E-state index in [0.29, 0.717) is 50.3 Å². The Balaban J connectivity index is 1.29. The molecule has 0 aromatic heterocycles. The Morgan fingerprint density at radius 3 is 2.45 bits per heavy atom. The number of oxime groups is 1. The molecule has 8 heteroatoms. The first kappa shape index (κ1) is 20.8. The largest absolute Gasteiger partial charge is 0.496 e. The molecule has 1 atom stereocenters. The highest BCUT2D eigenvalue weighted by Gasteiger charge is 2.34. The summed E-state index contributed by atoms with van der Waals surface area (Å²) < 4.78 is 18.3. The number of rotatable bonds is 5. The summed E-state index contributed by atoms with van der Waals surface area (Å²) in [6.07, 6.45) is 0.286. The molecule has 2 amide bonds. The van der Waals surface area contributed by atoms with Gasteiger partial charge in [0.05, 0.1) is 18.4 Å². The second-order valence-corrected chi connectivity index (χ2v) is 7.58. The number of carbonyl (C=O) groups is 2. The first-order valence-electron chi connectivity index (χ1n) is 10.2. The molecule has 162 valence electrons. The van der Waals surface area contributed by atoms with Gasteiger partial charge in [0.15, 0.2) is 0 Å². The van der Waals surface area contributed by atoms with Crippen LogP contribution in [0.15, 0.2) is 53.7 Å². The van der Waals surface area contributed by atoms with E-state index < -0.39 is 6.10 Å². The van der Waals surface area contributed by atoms with Gasteiger partial charge in [0.25, 0.3) is 11.8 Å². The SMILES string of the molecule is COc1ccccc1C(=O)N1CCN(C(=O)[C@H]2CC(Cc3ccc(F)cc3)=NO2)CC1. The highest BCUT2D eigenvalue weighted by atomic mass is 19.1. The van der Waals surface area contributed by atoms with E-state index >= 15 is 0 Å². The molecule has 0 spiro atoms. The molecule has 4 rings (SSSR count). The molecule has 0 unspecified atom stereocenters. The molecular formula is C23H24FN3O4. The predicted molar refractivity (Wildman–Crippen MR) is 113 cm³/mol. The number of amides is 2. The average molecular weight is 425 g/mol. The molecule has 2 aliphatic rings. The van der Waals surface area contributed by atoms with Gasteiger partial charge < -0.3 is 19.4 Å². The lowest BCUT2D eigenvalue weighted by Crippen LogP contribution is -2.53. The van der Waals surface area contributed by atoms with Crippen LogP contribution < -0.4 is 4.74 Å². The number of carbonyl (C=O) groups excluding carboxylic acids is 2. The zero-order chi connectivity index (χ0) is 21.8. The van der Waals surface area contributed by atoms with Crippen LogP contribution in [0.4, 0.5) is 4.39 Å². The Morgan fingerprint density at radius 1 is 1.06 bits per heavy atom. The van der Waals surface area contributed by atoms with Gasteiger partial charge in [-0.05, 0) is 29.8 Å². The summed E-state index contributed by atoms with van der Waals surface area (Å²) in [6, 6.07) is 13.3. The molecule has 31 heavy (non-hydrogen) atoms. The fraction of sp³-hybridized carbons (Fsp3) is 0.348. The molecule has 0 saturated carbocycles. The van der Waals surface area contributed by atoms with Crippen molar-refractivity contribution < 1.29 is 23.6 Å². The number of piperazine rings is 1. The summed E-state index contributed by atoms with van der Waals surface area (Å²) >= 11 is 0. The van der Waals surface area contributed by atoms with Crippen molar-refractivity contribution in [3.8, 4) is 5.75 Å². The first-order valence-corrected chi connectivity index (χ1v) is 10.2. The number of benzene rings is 2. The molecule has 1 fully saturated rings. The zero-order valence-corrected chi connectivity index (χ0v) is 17.3. The maximum Gasteiger partial charge on any atom is 0.267 e. The standard InChI is InChI=1S/C23H24FN3O4/c1-30-20-5-3-2-4-19(20)22(28)26-10-12-27(13-11-26)23(29)21-15-18(25-31-21)14-16-6-8-17(24)9-7-16/h2-9,21H,10-15H2,1H3/t21-/m1/s1. The van der Waals surface area contributed by atoms with Crippen LogP contribution in [0.25, 0.3) is 0 Å². The Hall–Kier alpha value is -3.42. The van der Waals surface area contributed by atoms with Crippen LogP contribution in [0.5, 0.6) is 5.75 Å². The molecular weight excluding hydrogens is 401 g/mol. The van der Waals surface area contributed by atoms with Crippen LogP contribution in [0.2, 0.25) is 0 Å². The van der Waals surface area contributed by atoms with Crippen LogP contribution in [-0.2, 0) is 16.1 Å². The van der Waals surface area contributed by atoms with E-state index in [0.717, 1.165) is 11.3 Å². The first-order chi connectivity index (χ1) is 15.0. The van der Waals surface area contributed by atoms with E-state index in [9.17, 15) is 14.0 Å². The van der Waals surface area contributed by atoms with Crippen molar-refractivity contribution in [3.05, 3.63) is 65.5 Å². The van der Waals surface area contributed by atoms with Crippen molar-refractivity contribution in [3.63, 3.8) is 0 Å². The summed E-state index contributed by atoms with van der Waals surface area (Å²) in [5.74, 6) is 0.0229. The van der Waals surface area contributed by atoms with E-state index in [4.69, 9.17) is 9.57 Å². The average Bonchev–Trinajstić information content (AvgIpc) is 3.28. The van der Waals surface area contributed by atoms with Gasteiger partial charge in [0.2, 0.25) is 6.10 Å². The fourth-order valence-electron chi connectivity index (χ4n) is 3.83. The Bertz CT molecular complexity index is 985. The fourth-order valence-corrected chi connectivity index (χ4v) is 3.83. The predicted octanol–water partition coefficient (Wildman–Crippen LogP) is 2.51. The summed E-state index contributed by atoms with van der Waals surface area (Å²) in [5, 5.41) is 4.05. The molecule has 0 aliphatic carbocycles. The maximum absolute atomic E-state index is 13.0. The van der Waals surface area contributed by atoms with Crippen LogP contribution in [0, 0.1) is 5.82 Å². The second kappa shape index (κ2) is 9.16. The van der Waals surface area contributed by atoms with Gasteiger partial charge in [-0.1, -0.05) is 29.4 Å². The number of ether oxygens (including phenoxy) is 1. The number of para-hydroxylation sites is 1. The minimum absolute atomic E-state index is 0.105. The lowest BCUT2D eigenvalue weighted by atomic mass is 10.0. The molecule has 1 saturated heterocycles. The van der Waals surface area contributed by atoms with Crippen molar-refractivity contribution in [2.24, 2.45) is 5.16 Å². The van der Waals surface area contributed by atoms with Crippen LogP contribution >= 0.6 is 0 Å². The van der Waals surface area contributed by atoms with Crippen molar-refractivity contribution in [1.29, 1.82) is 0 Å². The van der Waals surface area contributed by atoms with Gasteiger partial charge in [0.1, 0.15) is 11.6 Å². The molecule has 2 aromatic rings. The monoisotopic (exact) mass is 425 g/mol. The van der Waals surface area contributed by atoms with Crippen molar-refractivity contribution >= 4 is 17.5 Å². The zero-order valence-electron chi connectivity index (χ0n) is 17.3. The topological polar surface area (TPSA) is 71.4 Å². The number of halogens is 1. The van der Waals surface area contributed by atoms with Crippen LogP contribution in [0.3, 0.4) is 0 Å². The molecule has 0 radical (unpaired) electrons. The number of methoxy groups -OCH3 is 1. The quantitative estimate of drug-likeness (QED) is 0.738. The summed E-state index contributed by atoms with van der Waals surface area (Å²) in [6.45, 7) is 1.76. The smallest absolute Gasteiger partial charge is 0.267 e. The number of nitrogens with zero attached hydrogens (tertiary/aromatic N) is 3. The normalized spacial score (nSPS) is 18.4. The van der Waals surface area contributed by atoms with Gasteiger partial charge in [-0.25, -0.2) is 4.39 Å². The summed E-state index contributed by atoms with van der Waals surface area (Å²) in [4.78, 5) is 34.5. The van der Waals surface area contributed by atoms with Crippen LogP contribution in [0.1, 0.15) is 22.3 Å². The van der Waals surface area contributed by atoms with E-state index in [1.165, 1.54) is 19.2 Å². The van der Waals surface area contributed by atoms with E-state index in [1.807, 2.05) is 6.07 Å². The van der Waals surface area contributed by atoms with Crippen molar-refractivity contribution in [2.45, 2.75) is 18.9 Å². The number of hydrogen-bond donors (Lipinski definition) is 0. The number of hydrogen-bond acceptors (Lipinski definition) is 5. The Kier molecular flexibility index (Phi) is 6.16. The van der Waals surface area contributed by atoms with Crippen molar-refractivity contribution in [2.75, 3.05) is 33.3 Å². The third-order valence-corrected chi connectivity index (χ3v) is 5.54. The molecule has 7 nitrogen and oxygen atoms in total.